The first kappa shape index (κ1) is 15.9. The van der Waals surface area contributed by atoms with Gasteiger partial charge in [-0.15, -0.1) is 0 Å². The number of rotatable bonds is 3. The first-order chi connectivity index (χ1) is 9.97. The van der Waals surface area contributed by atoms with Gasteiger partial charge >= 0.3 is 5.97 Å². The molecule has 1 aromatic rings. The molecule has 1 aliphatic heterocycles. The van der Waals surface area contributed by atoms with E-state index in [2.05, 4.69) is 26.6 Å². The first-order valence-electron chi connectivity index (χ1n) is 6.31. The maximum atomic E-state index is 13.4. The van der Waals surface area contributed by atoms with Gasteiger partial charge in [0.15, 0.2) is 5.11 Å². The molecule has 2 rings (SSSR count). The van der Waals surface area contributed by atoms with Crippen molar-refractivity contribution < 1.29 is 13.9 Å². The molecule has 0 unspecified atom stereocenters. The van der Waals surface area contributed by atoms with E-state index in [1.54, 1.807) is 12.1 Å². The molecule has 1 aromatic carbocycles. The Kier molecular flexibility index (Phi) is 4.95. The molecule has 1 aliphatic rings. The van der Waals surface area contributed by atoms with Crippen molar-refractivity contribution in [2.45, 2.75) is 19.4 Å². The average molecular weight is 373 g/mol. The van der Waals surface area contributed by atoms with Gasteiger partial charge in [-0.2, -0.15) is 0 Å². The van der Waals surface area contributed by atoms with E-state index >= 15 is 0 Å². The third-order valence-corrected chi connectivity index (χ3v) is 4.02. The Morgan fingerprint density at radius 2 is 2.24 bits per heavy atom. The molecule has 0 amide bonds. The van der Waals surface area contributed by atoms with Gasteiger partial charge in [0.1, 0.15) is 5.82 Å². The van der Waals surface area contributed by atoms with Crippen LogP contribution in [0.1, 0.15) is 24.9 Å². The molecule has 0 spiro atoms. The molecule has 2 N–H and O–H groups in total. The van der Waals surface area contributed by atoms with E-state index in [9.17, 15) is 9.18 Å². The van der Waals surface area contributed by atoms with Crippen LogP contribution in [0.3, 0.4) is 0 Å². The predicted octanol–water partition coefficient (Wildman–Crippen LogP) is 2.94. The Labute approximate surface area is 135 Å². The average Bonchev–Trinajstić information content (AvgIpc) is 2.48. The number of benzene rings is 1. The van der Waals surface area contributed by atoms with Gasteiger partial charge in [-0.3, -0.25) is 0 Å². The molecular weight excluding hydrogens is 359 g/mol. The number of halogens is 2. The molecule has 4 nitrogen and oxygen atoms in total. The lowest BCUT2D eigenvalue weighted by atomic mass is 9.94. The zero-order chi connectivity index (χ0) is 15.6. The second-order valence-corrected chi connectivity index (χ2v) is 5.70. The number of ether oxygens (including phenoxy) is 1. The summed E-state index contributed by atoms with van der Waals surface area (Å²) in [6.07, 6.45) is 0.602. The van der Waals surface area contributed by atoms with Gasteiger partial charge in [0, 0.05) is 5.70 Å². The molecule has 7 heteroatoms. The summed E-state index contributed by atoms with van der Waals surface area (Å²) < 4.78 is 18.6. The van der Waals surface area contributed by atoms with Crippen molar-refractivity contribution in [1.82, 2.24) is 10.6 Å². The fraction of sp³-hybridized carbons (Fsp3) is 0.286. The van der Waals surface area contributed by atoms with Gasteiger partial charge in [-0.05, 0) is 52.3 Å². The quantitative estimate of drug-likeness (QED) is 0.630. The van der Waals surface area contributed by atoms with Gasteiger partial charge in [0.25, 0.3) is 0 Å². The fourth-order valence-corrected chi connectivity index (χ4v) is 2.83. The lowest BCUT2D eigenvalue weighted by Gasteiger charge is -2.30. The number of allylic oxidation sites excluding steroid dienone is 1. The van der Waals surface area contributed by atoms with Crippen LogP contribution < -0.4 is 10.6 Å². The highest BCUT2D eigenvalue weighted by atomic mass is 79.9. The van der Waals surface area contributed by atoms with Crippen molar-refractivity contribution in [3.05, 3.63) is 45.3 Å². The predicted molar refractivity (Wildman–Crippen MR) is 85.0 cm³/mol. The summed E-state index contributed by atoms with van der Waals surface area (Å²) in [6, 6.07) is 4.10. The zero-order valence-electron chi connectivity index (χ0n) is 11.5. The van der Waals surface area contributed by atoms with E-state index in [4.69, 9.17) is 17.0 Å². The largest absolute Gasteiger partial charge is 0.466 e. The van der Waals surface area contributed by atoms with E-state index in [0.29, 0.717) is 27.3 Å². The molecule has 1 heterocycles. The van der Waals surface area contributed by atoms with Crippen LogP contribution in [0.2, 0.25) is 0 Å². The van der Waals surface area contributed by atoms with E-state index in [-0.39, 0.29) is 5.82 Å². The van der Waals surface area contributed by atoms with E-state index in [1.165, 1.54) is 13.2 Å². The number of thiocarbonyl (C=S) groups is 1. The van der Waals surface area contributed by atoms with Crippen molar-refractivity contribution in [3.63, 3.8) is 0 Å². The summed E-state index contributed by atoms with van der Waals surface area (Å²) in [5.41, 5.74) is 1.88. The number of esters is 1. The molecule has 0 saturated carbocycles. The van der Waals surface area contributed by atoms with Gasteiger partial charge in [-0.25, -0.2) is 9.18 Å². The highest BCUT2D eigenvalue weighted by Crippen LogP contribution is 2.30. The van der Waals surface area contributed by atoms with Gasteiger partial charge in [0.05, 0.1) is 23.2 Å². The highest BCUT2D eigenvalue weighted by molar-refractivity contribution is 9.10. The lowest BCUT2D eigenvalue weighted by molar-refractivity contribution is -0.136. The standard InChI is InChI=1S/C14H14BrFN2O2S/c1-3-10-11(13(19)20-2)12(18-14(21)17-10)7-4-5-9(16)8(15)6-7/h4-6,12H,3H2,1-2H3,(H2,17,18,21)/t12-/m0/s1. The van der Waals surface area contributed by atoms with Crippen LogP contribution in [0.25, 0.3) is 0 Å². The monoisotopic (exact) mass is 372 g/mol. The minimum atomic E-state index is -0.474. The number of hydrogen-bond donors (Lipinski definition) is 2. The van der Waals surface area contributed by atoms with E-state index < -0.39 is 12.0 Å². The van der Waals surface area contributed by atoms with Crippen molar-refractivity contribution >= 4 is 39.2 Å². The summed E-state index contributed by atoms with van der Waals surface area (Å²) in [5.74, 6) is -0.811. The smallest absolute Gasteiger partial charge is 0.337 e. The molecule has 0 aliphatic carbocycles. The normalized spacial score (nSPS) is 18.1. The molecular formula is C14H14BrFN2O2S. The molecule has 0 radical (unpaired) electrons. The molecule has 1 atom stereocenters. The van der Waals surface area contributed by atoms with Crippen molar-refractivity contribution in [1.29, 1.82) is 0 Å². The minimum Gasteiger partial charge on any atom is -0.466 e. The molecule has 0 fully saturated rings. The summed E-state index contributed by atoms with van der Waals surface area (Å²) in [6.45, 7) is 1.91. The van der Waals surface area contributed by atoms with Gasteiger partial charge in [-0.1, -0.05) is 13.0 Å². The maximum Gasteiger partial charge on any atom is 0.337 e. The van der Waals surface area contributed by atoms with Crippen LogP contribution in [0.4, 0.5) is 4.39 Å². The van der Waals surface area contributed by atoms with Crippen LogP contribution in [-0.4, -0.2) is 18.2 Å². The van der Waals surface area contributed by atoms with Crippen molar-refractivity contribution in [3.8, 4) is 0 Å². The Morgan fingerprint density at radius 1 is 1.52 bits per heavy atom. The summed E-state index contributed by atoms with van der Waals surface area (Å²) >= 11 is 8.32. The Morgan fingerprint density at radius 3 is 2.81 bits per heavy atom. The van der Waals surface area contributed by atoms with Crippen molar-refractivity contribution in [2.24, 2.45) is 0 Å². The zero-order valence-corrected chi connectivity index (χ0v) is 13.9. The third kappa shape index (κ3) is 3.24. The number of hydrogen-bond acceptors (Lipinski definition) is 3. The summed E-state index contributed by atoms with van der Waals surface area (Å²) in [4.78, 5) is 12.1. The molecule has 0 aromatic heterocycles. The van der Waals surface area contributed by atoms with Gasteiger partial charge in [0.2, 0.25) is 0 Å². The number of carbonyl (C=O) groups is 1. The third-order valence-electron chi connectivity index (χ3n) is 3.19. The van der Waals surface area contributed by atoms with Crippen molar-refractivity contribution in [2.75, 3.05) is 7.11 Å². The Bertz CT molecular complexity index is 633. The van der Waals surface area contributed by atoms with Crippen LogP contribution in [0.15, 0.2) is 33.9 Å². The molecule has 0 bridgehead atoms. The highest BCUT2D eigenvalue weighted by Gasteiger charge is 2.31. The molecule has 21 heavy (non-hydrogen) atoms. The second-order valence-electron chi connectivity index (χ2n) is 4.44. The van der Waals surface area contributed by atoms with Crippen LogP contribution in [-0.2, 0) is 9.53 Å². The van der Waals surface area contributed by atoms with Gasteiger partial charge < -0.3 is 15.4 Å². The number of methoxy groups -OCH3 is 1. The Balaban J connectivity index is 2.54. The van der Waals surface area contributed by atoms with Crippen LogP contribution in [0, 0.1) is 5.82 Å². The second kappa shape index (κ2) is 6.53. The maximum absolute atomic E-state index is 13.4. The minimum absolute atomic E-state index is 0.327. The first-order valence-corrected chi connectivity index (χ1v) is 7.51. The number of nitrogens with one attached hydrogen (secondary N) is 2. The summed E-state index contributed by atoms with van der Waals surface area (Å²) in [7, 11) is 1.33. The van der Waals surface area contributed by atoms with E-state index in [1.807, 2.05) is 6.92 Å². The Hall–Kier alpha value is -1.47. The number of carbonyl (C=O) groups excluding carboxylic acids is 1. The van der Waals surface area contributed by atoms with Crippen LogP contribution >= 0.6 is 28.1 Å². The van der Waals surface area contributed by atoms with E-state index in [0.717, 1.165) is 5.56 Å². The molecule has 112 valence electrons. The van der Waals surface area contributed by atoms with Crippen LogP contribution in [0.5, 0.6) is 0 Å². The fourth-order valence-electron chi connectivity index (χ4n) is 2.19. The SMILES string of the molecule is CCC1=C(C(=O)OC)[C@H](c2ccc(F)c(Br)c2)NC(=S)N1. The summed E-state index contributed by atoms with van der Waals surface area (Å²) in [5, 5.41) is 6.42. The topological polar surface area (TPSA) is 50.4 Å². The molecule has 0 saturated heterocycles. The lowest BCUT2D eigenvalue weighted by Crippen LogP contribution is -2.45.